The Bertz CT molecular complexity index is 472. The van der Waals surface area contributed by atoms with Gasteiger partial charge in [-0.25, -0.2) is 4.79 Å². The van der Waals surface area contributed by atoms with E-state index in [1.165, 1.54) is 0 Å². The summed E-state index contributed by atoms with van der Waals surface area (Å²) in [4.78, 5) is 13.9. The maximum Gasteiger partial charge on any atom is 0.322 e. The molecule has 2 fully saturated rings. The minimum absolute atomic E-state index is 0.0258. The molecular formula is C14H19N3O2. The van der Waals surface area contributed by atoms with E-state index < -0.39 is 0 Å². The number of carbonyl (C=O) groups is 1. The maximum atomic E-state index is 12.1. The second kappa shape index (κ2) is 5.09. The van der Waals surface area contributed by atoms with Gasteiger partial charge < -0.3 is 15.8 Å². The summed E-state index contributed by atoms with van der Waals surface area (Å²) in [6.45, 7) is 2.32. The zero-order valence-electron chi connectivity index (χ0n) is 10.8. The third-order valence-electron chi connectivity index (χ3n) is 3.95. The Morgan fingerprint density at radius 1 is 1.32 bits per heavy atom. The molecule has 1 unspecified atom stereocenters. The number of nitrogen functional groups attached to an aromatic ring is 1. The third kappa shape index (κ3) is 2.51. The molecule has 2 aliphatic rings. The number of hydrogen-bond acceptors (Lipinski definition) is 3. The van der Waals surface area contributed by atoms with Crippen LogP contribution >= 0.6 is 0 Å². The Morgan fingerprint density at radius 2 is 2.11 bits per heavy atom. The van der Waals surface area contributed by atoms with E-state index in [0.29, 0.717) is 18.2 Å². The van der Waals surface area contributed by atoms with Crippen LogP contribution in [0.2, 0.25) is 0 Å². The van der Waals surface area contributed by atoms with Gasteiger partial charge >= 0.3 is 6.03 Å². The lowest BCUT2D eigenvalue weighted by atomic mass is 9.92. The zero-order chi connectivity index (χ0) is 13.2. The number of urea groups is 1. The van der Waals surface area contributed by atoms with Crippen molar-refractivity contribution in [3.05, 3.63) is 24.3 Å². The number of ether oxygens (including phenoxy) is 1. The summed E-state index contributed by atoms with van der Waals surface area (Å²) in [7, 11) is 0. The van der Waals surface area contributed by atoms with E-state index in [2.05, 4.69) is 5.32 Å². The first kappa shape index (κ1) is 12.3. The summed E-state index contributed by atoms with van der Waals surface area (Å²) >= 11 is 0. The van der Waals surface area contributed by atoms with Crippen LogP contribution in [0.3, 0.4) is 0 Å². The maximum absolute atomic E-state index is 12.1. The molecule has 0 spiro atoms. The molecule has 0 radical (unpaired) electrons. The highest BCUT2D eigenvalue weighted by Crippen LogP contribution is 2.26. The van der Waals surface area contributed by atoms with Crippen LogP contribution in [0.1, 0.15) is 12.8 Å². The normalized spacial score (nSPS) is 24.5. The van der Waals surface area contributed by atoms with E-state index in [1.54, 1.807) is 4.90 Å². The molecule has 2 heterocycles. The molecule has 1 aromatic rings. The molecule has 2 aliphatic heterocycles. The summed E-state index contributed by atoms with van der Waals surface area (Å²) in [5.74, 6) is 0.517. The molecule has 3 N–H and O–H groups in total. The topological polar surface area (TPSA) is 67.6 Å². The summed E-state index contributed by atoms with van der Waals surface area (Å²) < 4.78 is 5.37. The van der Waals surface area contributed by atoms with Crippen molar-refractivity contribution in [1.29, 1.82) is 0 Å². The summed E-state index contributed by atoms with van der Waals surface area (Å²) in [6.07, 6.45) is 2.05. The fourth-order valence-corrected chi connectivity index (χ4v) is 2.86. The predicted molar refractivity (Wildman–Crippen MR) is 74.1 cm³/mol. The summed E-state index contributed by atoms with van der Waals surface area (Å²) in [5, 5.41) is 3.08. The molecule has 0 aromatic heterocycles. The van der Waals surface area contributed by atoms with Crippen molar-refractivity contribution in [3.8, 4) is 0 Å². The fraction of sp³-hybridized carbons (Fsp3) is 0.500. The fourth-order valence-electron chi connectivity index (χ4n) is 2.86. The quantitative estimate of drug-likeness (QED) is 0.794. The SMILES string of the molecule is Nc1cccc(N2CC(C3CCOCC3)NC2=O)c1. The highest BCUT2D eigenvalue weighted by atomic mass is 16.5. The van der Waals surface area contributed by atoms with Crippen molar-refractivity contribution in [2.45, 2.75) is 18.9 Å². The van der Waals surface area contributed by atoms with E-state index in [0.717, 1.165) is 31.7 Å². The summed E-state index contributed by atoms with van der Waals surface area (Å²) in [5.41, 5.74) is 7.32. The number of nitrogens with one attached hydrogen (secondary N) is 1. The van der Waals surface area contributed by atoms with Crippen molar-refractivity contribution in [2.75, 3.05) is 30.4 Å². The molecule has 5 heteroatoms. The molecule has 2 saturated heterocycles. The lowest BCUT2D eigenvalue weighted by molar-refractivity contribution is 0.0580. The largest absolute Gasteiger partial charge is 0.399 e. The van der Waals surface area contributed by atoms with E-state index in [9.17, 15) is 4.79 Å². The molecule has 0 bridgehead atoms. The van der Waals surface area contributed by atoms with Crippen LogP contribution in [0.5, 0.6) is 0 Å². The molecule has 0 aliphatic carbocycles. The molecular weight excluding hydrogens is 242 g/mol. The Balaban J connectivity index is 1.72. The third-order valence-corrected chi connectivity index (χ3v) is 3.95. The highest BCUT2D eigenvalue weighted by molar-refractivity contribution is 5.95. The summed E-state index contributed by atoms with van der Waals surface area (Å²) in [6, 6.07) is 7.65. The van der Waals surface area contributed by atoms with Crippen LogP contribution in [-0.2, 0) is 4.74 Å². The second-order valence-corrected chi connectivity index (χ2v) is 5.21. The first-order valence-electron chi connectivity index (χ1n) is 6.75. The first-order valence-corrected chi connectivity index (χ1v) is 6.75. The van der Waals surface area contributed by atoms with Crippen molar-refractivity contribution in [2.24, 2.45) is 5.92 Å². The first-order chi connectivity index (χ1) is 9.24. The number of anilines is 2. The van der Waals surface area contributed by atoms with Crippen molar-refractivity contribution in [1.82, 2.24) is 5.32 Å². The van der Waals surface area contributed by atoms with Crippen LogP contribution in [0.25, 0.3) is 0 Å². The molecule has 1 atom stereocenters. The Hall–Kier alpha value is -1.75. The van der Waals surface area contributed by atoms with Crippen LogP contribution in [0.15, 0.2) is 24.3 Å². The standard InChI is InChI=1S/C14H19N3O2/c15-11-2-1-3-12(8-11)17-9-13(16-14(17)18)10-4-6-19-7-5-10/h1-3,8,10,13H,4-7,9,15H2,(H,16,18). The highest BCUT2D eigenvalue weighted by Gasteiger charge is 2.35. The molecule has 5 nitrogen and oxygen atoms in total. The Kier molecular flexibility index (Phi) is 3.29. The Morgan fingerprint density at radius 3 is 2.84 bits per heavy atom. The molecule has 1 aromatic carbocycles. The number of amides is 2. The molecule has 102 valence electrons. The van der Waals surface area contributed by atoms with Crippen LogP contribution < -0.4 is 16.0 Å². The molecule has 0 saturated carbocycles. The number of rotatable bonds is 2. The van der Waals surface area contributed by atoms with Crippen molar-refractivity contribution >= 4 is 17.4 Å². The lowest BCUT2D eigenvalue weighted by Crippen LogP contribution is -2.37. The minimum atomic E-state index is -0.0258. The van der Waals surface area contributed by atoms with E-state index in [-0.39, 0.29) is 12.1 Å². The number of benzene rings is 1. The number of nitrogens with two attached hydrogens (primary N) is 1. The Labute approximate surface area is 112 Å². The van der Waals surface area contributed by atoms with Gasteiger partial charge in [-0.15, -0.1) is 0 Å². The van der Waals surface area contributed by atoms with Crippen LogP contribution in [-0.4, -0.2) is 31.8 Å². The van der Waals surface area contributed by atoms with Gasteiger partial charge in [0, 0.05) is 31.1 Å². The number of hydrogen-bond donors (Lipinski definition) is 2. The second-order valence-electron chi connectivity index (χ2n) is 5.21. The van der Waals surface area contributed by atoms with Gasteiger partial charge in [-0.05, 0) is 37.0 Å². The van der Waals surface area contributed by atoms with Gasteiger partial charge in [0.25, 0.3) is 0 Å². The van der Waals surface area contributed by atoms with Gasteiger partial charge in [0.1, 0.15) is 0 Å². The molecule has 2 amide bonds. The molecule has 3 rings (SSSR count). The predicted octanol–water partition coefficient (Wildman–Crippen LogP) is 1.59. The smallest absolute Gasteiger partial charge is 0.322 e. The van der Waals surface area contributed by atoms with E-state index in [4.69, 9.17) is 10.5 Å². The van der Waals surface area contributed by atoms with Gasteiger partial charge in [0.15, 0.2) is 0 Å². The number of carbonyl (C=O) groups excluding carboxylic acids is 1. The van der Waals surface area contributed by atoms with Gasteiger partial charge in [-0.3, -0.25) is 4.90 Å². The monoisotopic (exact) mass is 261 g/mol. The molecule has 19 heavy (non-hydrogen) atoms. The lowest BCUT2D eigenvalue weighted by Gasteiger charge is -2.26. The van der Waals surface area contributed by atoms with E-state index in [1.807, 2.05) is 24.3 Å². The minimum Gasteiger partial charge on any atom is -0.399 e. The van der Waals surface area contributed by atoms with Crippen LogP contribution in [0.4, 0.5) is 16.2 Å². The average molecular weight is 261 g/mol. The number of nitrogens with zero attached hydrogens (tertiary/aromatic N) is 1. The zero-order valence-corrected chi connectivity index (χ0v) is 10.8. The van der Waals surface area contributed by atoms with E-state index >= 15 is 0 Å². The average Bonchev–Trinajstić information content (AvgIpc) is 2.82. The van der Waals surface area contributed by atoms with Crippen molar-refractivity contribution in [3.63, 3.8) is 0 Å². The van der Waals surface area contributed by atoms with Gasteiger partial charge in [-0.2, -0.15) is 0 Å². The van der Waals surface area contributed by atoms with Gasteiger partial charge in [0.05, 0.1) is 6.04 Å². The van der Waals surface area contributed by atoms with Crippen LogP contribution in [0, 0.1) is 5.92 Å². The van der Waals surface area contributed by atoms with Crippen molar-refractivity contribution < 1.29 is 9.53 Å². The van der Waals surface area contributed by atoms with Gasteiger partial charge in [0.2, 0.25) is 0 Å². The van der Waals surface area contributed by atoms with Gasteiger partial charge in [-0.1, -0.05) is 6.07 Å².